The summed E-state index contributed by atoms with van der Waals surface area (Å²) >= 11 is 1.14. The minimum atomic E-state index is -0.781. The number of carbonyl (C=O) groups is 1. The molecule has 5 rings (SSSR count). The number of anilines is 2. The number of nitrogens with zero attached hydrogens (tertiary/aromatic N) is 2. The van der Waals surface area contributed by atoms with E-state index in [0.717, 1.165) is 49.4 Å². The molecule has 0 spiro atoms. The van der Waals surface area contributed by atoms with Gasteiger partial charge in [0.05, 0.1) is 17.1 Å². The second-order valence-corrected chi connectivity index (χ2v) is 8.75. The van der Waals surface area contributed by atoms with Gasteiger partial charge in [-0.3, -0.25) is 19.6 Å². The standard InChI is InChI=1S/C24H20F2N4O2S/c25-15-8-10-19(18(26)14-15)27-21-17-9-11-20(31)30(16-6-2-1-3-7-16)24(17)33-22(21)23(32)28-29-12-4-5-13-29/h1-3,6-11,14,27H,4-5,12-13H2,(H,28,32). The third-order valence-corrected chi connectivity index (χ3v) is 6.71. The number of aromatic nitrogens is 1. The molecule has 0 atom stereocenters. The summed E-state index contributed by atoms with van der Waals surface area (Å²) < 4.78 is 29.4. The number of hydrogen-bond acceptors (Lipinski definition) is 5. The molecule has 33 heavy (non-hydrogen) atoms. The van der Waals surface area contributed by atoms with Crippen LogP contribution < -0.4 is 16.3 Å². The van der Waals surface area contributed by atoms with E-state index in [9.17, 15) is 18.4 Å². The first-order valence-electron chi connectivity index (χ1n) is 10.5. The number of amides is 1. The largest absolute Gasteiger partial charge is 0.351 e. The summed E-state index contributed by atoms with van der Waals surface area (Å²) in [7, 11) is 0. The van der Waals surface area contributed by atoms with Gasteiger partial charge in [0.15, 0.2) is 0 Å². The van der Waals surface area contributed by atoms with Crippen LogP contribution in [0.5, 0.6) is 0 Å². The molecule has 9 heteroatoms. The van der Waals surface area contributed by atoms with Gasteiger partial charge in [0, 0.05) is 30.6 Å². The third-order valence-electron chi connectivity index (χ3n) is 5.52. The first-order valence-corrected chi connectivity index (χ1v) is 11.3. The molecule has 6 nitrogen and oxygen atoms in total. The number of benzene rings is 2. The molecule has 0 aliphatic carbocycles. The molecule has 0 bridgehead atoms. The average molecular weight is 467 g/mol. The Morgan fingerprint density at radius 1 is 0.970 bits per heavy atom. The number of nitrogens with one attached hydrogen (secondary N) is 2. The molecule has 0 unspecified atom stereocenters. The zero-order valence-electron chi connectivity index (χ0n) is 17.5. The smallest absolute Gasteiger partial charge is 0.277 e. The summed E-state index contributed by atoms with van der Waals surface area (Å²) in [6, 6.07) is 15.3. The van der Waals surface area contributed by atoms with Gasteiger partial charge in [-0.05, 0) is 43.2 Å². The Hall–Kier alpha value is -3.56. The van der Waals surface area contributed by atoms with E-state index in [1.807, 2.05) is 23.2 Å². The highest BCUT2D eigenvalue weighted by Crippen LogP contribution is 2.38. The van der Waals surface area contributed by atoms with Crippen molar-refractivity contribution in [1.82, 2.24) is 15.0 Å². The van der Waals surface area contributed by atoms with Crippen LogP contribution in [-0.2, 0) is 0 Å². The Labute approximate surface area is 192 Å². The summed E-state index contributed by atoms with van der Waals surface area (Å²) in [5.41, 5.74) is 3.70. The van der Waals surface area contributed by atoms with Gasteiger partial charge in [0.25, 0.3) is 11.5 Å². The second kappa shape index (κ2) is 8.76. The predicted octanol–water partition coefficient (Wildman–Crippen LogP) is 4.81. The van der Waals surface area contributed by atoms with Crippen LogP contribution in [0, 0.1) is 11.6 Å². The van der Waals surface area contributed by atoms with E-state index in [-0.39, 0.29) is 17.2 Å². The maximum Gasteiger partial charge on any atom is 0.277 e. The highest BCUT2D eigenvalue weighted by atomic mass is 32.1. The molecule has 1 amide bonds. The van der Waals surface area contributed by atoms with Crippen molar-refractivity contribution in [3.63, 3.8) is 0 Å². The van der Waals surface area contributed by atoms with Gasteiger partial charge in [-0.15, -0.1) is 11.3 Å². The van der Waals surface area contributed by atoms with E-state index in [1.54, 1.807) is 18.2 Å². The molecular formula is C24H20F2N4O2S. The maximum absolute atomic E-state index is 14.4. The molecule has 2 aromatic carbocycles. The summed E-state index contributed by atoms with van der Waals surface area (Å²) in [6.45, 7) is 1.50. The van der Waals surface area contributed by atoms with Crippen molar-refractivity contribution in [1.29, 1.82) is 0 Å². The highest BCUT2D eigenvalue weighted by molar-refractivity contribution is 7.21. The quantitative estimate of drug-likeness (QED) is 0.443. The van der Waals surface area contributed by atoms with Gasteiger partial charge in [-0.2, -0.15) is 0 Å². The molecule has 0 radical (unpaired) electrons. The Morgan fingerprint density at radius 2 is 1.73 bits per heavy atom. The van der Waals surface area contributed by atoms with Gasteiger partial charge >= 0.3 is 0 Å². The third kappa shape index (κ3) is 4.12. The predicted molar refractivity (Wildman–Crippen MR) is 125 cm³/mol. The van der Waals surface area contributed by atoms with Crippen molar-refractivity contribution >= 4 is 38.8 Å². The lowest BCUT2D eigenvalue weighted by atomic mass is 10.2. The van der Waals surface area contributed by atoms with Crippen LogP contribution in [0.15, 0.2) is 65.5 Å². The number of para-hydroxylation sites is 1. The van der Waals surface area contributed by atoms with Crippen molar-refractivity contribution in [2.75, 3.05) is 18.4 Å². The van der Waals surface area contributed by atoms with Crippen molar-refractivity contribution in [3.8, 4) is 5.69 Å². The normalized spacial score (nSPS) is 14.0. The molecule has 1 fully saturated rings. The fourth-order valence-electron chi connectivity index (χ4n) is 3.94. The summed E-state index contributed by atoms with van der Waals surface area (Å²) in [6.07, 6.45) is 1.98. The molecule has 168 valence electrons. The zero-order valence-corrected chi connectivity index (χ0v) is 18.3. The van der Waals surface area contributed by atoms with E-state index >= 15 is 0 Å². The van der Waals surface area contributed by atoms with Crippen LogP contribution >= 0.6 is 11.3 Å². The monoisotopic (exact) mass is 466 g/mol. The minimum Gasteiger partial charge on any atom is -0.351 e. The summed E-state index contributed by atoms with van der Waals surface area (Å²) in [5, 5.41) is 5.40. The average Bonchev–Trinajstić information content (AvgIpc) is 3.44. The highest BCUT2D eigenvalue weighted by Gasteiger charge is 2.24. The van der Waals surface area contributed by atoms with Crippen LogP contribution in [0.1, 0.15) is 22.5 Å². The maximum atomic E-state index is 14.4. The van der Waals surface area contributed by atoms with Gasteiger partial charge in [-0.1, -0.05) is 18.2 Å². The second-order valence-electron chi connectivity index (χ2n) is 7.75. The molecule has 3 heterocycles. The van der Waals surface area contributed by atoms with Crippen molar-refractivity contribution in [2.24, 2.45) is 0 Å². The van der Waals surface area contributed by atoms with Gasteiger partial charge < -0.3 is 5.32 Å². The molecular weight excluding hydrogens is 446 g/mol. The molecule has 1 saturated heterocycles. The molecule has 0 saturated carbocycles. The number of fused-ring (bicyclic) bond motifs is 1. The Balaban J connectivity index is 1.68. The van der Waals surface area contributed by atoms with E-state index in [0.29, 0.717) is 26.5 Å². The van der Waals surface area contributed by atoms with E-state index in [4.69, 9.17) is 0 Å². The number of hydrazine groups is 1. The SMILES string of the molecule is O=C(NN1CCCC1)c1sc2c(ccc(=O)n2-c2ccccc2)c1Nc1ccc(F)cc1F. The first kappa shape index (κ1) is 21.3. The number of rotatable bonds is 5. The number of thiophene rings is 1. The van der Waals surface area contributed by atoms with Crippen LogP contribution in [0.25, 0.3) is 15.9 Å². The van der Waals surface area contributed by atoms with Crippen LogP contribution in [0.2, 0.25) is 0 Å². The number of carbonyl (C=O) groups excluding carboxylic acids is 1. The van der Waals surface area contributed by atoms with Crippen molar-refractivity contribution in [2.45, 2.75) is 12.8 Å². The fourth-order valence-corrected chi connectivity index (χ4v) is 5.10. The van der Waals surface area contributed by atoms with Crippen molar-refractivity contribution in [3.05, 3.63) is 87.5 Å². The number of pyridine rings is 1. The zero-order chi connectivity index (χ0) is 22.9. The van der Waals surface area contributed by atoms with Gasteiger partial charge in [-0.25, -0.2) is 13.8 Å². The number of halogens is 2. The van der Waals surface area contributed by atoms with Crippen LogP contribution in [-0.4, -0.2) is 28.6 Å². The minimum absolute atomic E-state index is 0.0313. The van der Waals surface area contributed by atoms with E-state index in [1.165, 1.54) is 16.7 Å². The lowest BCUT2D eigenvalue weighted by molar-refractivity contribution is 0.0831. The molecule has 4 aromatic rings. The topological polar surface area (TPSA) is 66.4 Å². The van der Waals surface area contributed by atoms with Crippen LogP contribution in [0.4, 0.5) is 20.2 Å². The fraction of sp³-hybridized carbons (Fsp3) is 0.167. The lowest BCUT2D eigenvalue weighted by Crippen LogP contribution is -2.39. The summed E-state index contributed by atoms with van der Waals surface area (Å²) in [5.74, 6) is -1.83. The molecule has 1 aliphatic heterocycles. The Bertz CT molecular complexity index is 1400. The van der Waals surface area contributed by atoms with Crippen LogP contribution in [0.3, 0.4) is 0 Å². The van der Waals surface area contributed by atoms with E-state index in [2.05, 4.69) is 10.7 Å². The molecule has 2 aromatic heterocycles. The van der Waals surface area contributed by atoms with E-state index < -0.39 is 11.6 Å². The van der Waals surface area contributed by atoms with Gasteiger partial charge in [0.1, 0.15) is 21.3 Å². The molecule has 2 N–H and O–H groups in total. The van der Waals surface area contributed by atoms with Crippen molar-refractivity contribution < 1.29 is 13.6 Å². The first-order chi connectivity index (χ1) is 16.0. The summed E-state index contributed by atoms with van der Waals surface area (Å²) in [4.78, 5) is 26.9. The molecule has 1 aliphatic rings. The Morgan fingerprint density at radius 3 is 2.45 bits per heavy atom. The number of hydrogen-bond donors (Lipinski definition) is 2. The van der Waals surface area contributed by atoms with Gasteiger partial charge in [0.2, 0.25) is 0 Å². The lowest BCUT2D eigenvalue weighted by Gasteiger charge is -2.16. The Kier molecular flexibility index (Phi) is 5.65.